The van der Waals surface area contributed by atoms with E-state index in [1.807, 2.05) is 6.92 Å². The number of amides is 1. The van der Waals surface area contributed by atoms with Crippen LogP contribution in [0.1, 0.15) is 49.9 Å². The van der Waals surface area contributed by atoms with Crippen LogP contribution in [0, 0.1) is 12.8 Å². The van der Waals surface area contributed by atoms with Crippen molar-refractivity contribution in [1.82, 2.24) is 19.4 Å². The first kappa shape index (κ1) is 24.5. The molecule has 1 fully saturated rings. The molecule has 3 rings (SSSR count). The maximum atomic E-state index is 12.9. The van der Waals surface area contributed by atoms with Gasteiger partial charge in [0.1, 0.15) is 5.15 Å². The fourth-order valence-electron chi connectivity index (χ4n) is 3.70. The van der Waals surface area contributed by atoms with Gasteiger partial charge in [-0.2, -0.15) is 9.40 Å². The number of hydrogen-bond acceptors (Lipinski definition) is 4. The standard InChI is InChI=1S/C23H31ClN4O3S/c1-17(2)16-28-23(24)21(18(3)26-28)10-11-22(29)25-15-19-8-7-9-20(14-19)32(30,31)27-12-5-4-6-13-27/h7-11,14,17H,4-6,12-13,15-16H2,1-3H3,(H,25,29). The first-order chi connectivity index (χ1) is 15.2. The number of nitrogens with zero attached hydrogens (tertiary/aromatic N) is 3. The Labute approximate surface area is 195 Å². The number of rotatable bonds is 8. The summed E-state index contributed by atoms with van der Waals surface area (Å²) in [4.78, 5) is 12.6. The molecule has 0 radical (unpaired) electrons. The summed E-state index contributed by atoms with van der Waals surface area (Å²) < 4.78 is 29.0. The van der Waals surface area contributed by atoms with Crippen LogP contribution in [-0.2, 0) is 27.9 Å². The van der Waals surface area contributed by atoms with Gasteiger partial charge in [-0.05, 0) is 49.5 Å². The molecule has 174 valence electrons. The van der Waals surface area contributed by atoms with E-state index in [1.165, 1.54) is 6.08 Å². The highest BCUT2D eigenvalue weighted by Gasteiger charge is 2.25. The molecule has 32 heavy (non-hydrogen) atoms. The van der Waals surface area contributed by atoms with Crippen molar-refractivity contribution in [3.8, 4) is 0 Å². The van der Waals surface area contributed by atoms with Gasteiger partial charge in [-0.1, -0.05) is 44.0 Å². The molecule has 1 aromatic heterocycles. The molecule has 9 heteroatoms. The van der Waals surface area contributed by atoms with Crippen LogP contribution in [-0.4, -0.2) is 41.5 Å². The van der Waals surface area contributed by atoms with E-state index in [9.17, 15) is 13.2 Å². The lowest BCUT2D eigenvalue weighted by Gasteiger charge is -2.26. The van der Waals surface area contributed by atoms with Crippen molar-refractivity contribution in [3.05, 3.63) is 52.3 Å². The van der Waals surface area contributed by atoms with Crippen molar-refractivity contribution in [1.29, 1.82) is 0 Å². The van der Waals surface area contributed by atoms with E-state index in [1.54, 1.807) is 39.3 Å². The Morgan fingerprint density at radius 1 is 1.25 bits per heavy atom. The highest BCUT2D eigenvalue weighted by Crippen LogP contribution is 2.23. The van der Waals surface area contributed by atoms with Crippen LogP contribution >= 0.6 is 11.6 Å². The van der Waals surface area contributed by atoms with Crippen molar-refractivity contribution in [3.63, 3.8) is 0 Å². The van der Waals surface area contributed by atoms with E-state index in [4.69, 9.17) is 11.6 Å². The van der Waals surface area contributed by atoms with Crippen LogP contribution in [0.25, 0.3) is 6.08 Å². The van der Waals surface area contributed by atoms with Gasteiger partial charge in [0.25, 0.3) is 0 Å². The summed E-state index contributed by atoms with van der Waals surface area (Å²) in [6, 6.07) is 6.75. The third kappa shape index (κ3) is 5.99. The molecule has 1 aromatic carbocycles. The average Bonchev–Trinajstić information content (AvgIpc) is 3.03. The zero-order valence-corrected chi connectivity index (χ0v) is 20.4. The Kier molecular flexibility index (Phi) is 8.14. The summed E-state index contributed by atoms with van der Waals surface area (Å²) in [5.74, 6) is 0.114. The van der Waals surface area contributed by atoms with Crippen molar-refractivity contribution in [2.45, 2.75) is 58.0 Å². The largest absolute Gasteiger partial charge is 0.348 e. The minimum Gasteiger partial charge on any atom is -0.348 e. The minimum absolute atomic E-state index is 0.228. The molecule has 0 unspecified atom stereocenters. The molecular weight excluding hydrogens is 448 g/mol. The molecule has 1 saturated heterocycles. The topological polar surface area (TPSA) is 84.3 Å². The van der Waals surface area contributed by atoms with E-state index in [0.717, 1.165) is 36.1 Å². The van der Waals surface area contributed by atoms with Crippen LogP contribution in [0.3, 0.4) is 0 Å². The highest BCUT2D eigenvalue weighted by molar-refractivity contribution is 7.89. The summed E-state index contributed by atoms with van der Waals surface area (Å²) in [7, 11) is -3.50. The number of nitrogens with one attached hydrogen (secondary N) is 1. The Bertz CT molecular complexity index is 1090. The third-order valence-electron chi connectivity index (χ3n) is 5.37. The fourth-order valence-corrected chi connectivity index (χ4v) is 5.60. The molecule has 2 heterocycles. The minimum atomic E-state index is -3.50. The number of carbonyl (C=O) groups excluding carboxylic acids is 1. The number of piperidine rings is 1. The molecule has 1 aliphatic rings. The summed E-state index contributed by atoms with van der Waals surface area (Å²) in [5, 5.41) is 7.74. The van der Waals surface area contributed by atoms with E-state index >= 15 is 0 Å². The maximum absolute atomic E-state index is 12.9. The van der Waals surface area contributed by atoms with Gasteiger partial charge in [0.2, 0.25) is 15.9 Å². The second-order valence-corrected chi connectivity index (χ2v) is 10.8. The molecule has 0 saturated carbocycles. The lowest BCUT2D eigenvalue weighted by atomic mass is 10.2. The van der Waals surface area contributed by atoms with Gasteiger partial charge in [0.05, 0.1) is 10.6 Å². The third-order valence-corrected chi connectivity index (χ3v) is 7.66. The Morgan fingerprint density at radius 2 is 1.97 bits per heavy atom. The zero-order chi connectivity index (χ0) is 23.3. The summed E-state index contributed by atoms with van der Waals surface area (Å²) >= 11 is 6.41. The molecule has 0 aliphatic carbocycles. The van der Waals surface area contributed by atoms with Gasteiger partial charge in [-0.25, -0.2) is 8.42 Å². The predicted octanol–water partition coefficient (Wildman–Crippen LogP) is 4.01. The van der Waals surface area contributed by atoms with E-state index in [-0.39, 0.29) is 17.3 Å². The SMILES string of the molecule is Cc1nn(CC(C)C)c(Cl)c1C=CC(=O)NCc1cccc(S(=O)(=O)N2CCCCC2)c1. The lowest BCUT2D eigenvalue weighted by molar-refractivity contribution is -0.116. The second kappa shape index (κ2) is 10.6. The number of hydrogen-bond donors (Lipinski definition) is 1. The Hall–Kier alpha value is -2.16. The number of benzene rings is 1. The Morgan fingerprint density at radius 3 is 2.66 bits per heavy atom. The molecule has 7 nitrogen and oxygen atoms in total. The summed E-state index contributed by atoms with van der Waals surface area (Å²) in [5.41, 5.74) is 2.20. The van der Waals surface area contributed by atoms with Crippen LogP contribution in [0.15, 0.2) is 35.2 Å². The van der Waals surface area contributed by atoms with Gasteiger partial charge >= 0.3 is 0 Å². The molecule has 0 atom stereocenters. The van der Waals surface area contributed by atoms with Crippen LogP contribution in [0.2, 0.25) is 5.15 Å². The zero-order valence-electron chi connectivity index (χ0n) is 18.8. The maximum Gasteiger partial charge on any atom is 0.244 e. The molecule has 0 bridgehead atoms. The smallest absolute Gasteiger partial charge is 0.244 e. The average molecular weight is 479 g/mol. The molecule has 1 amide bonds. The molecule has 1 aliphatic heterocycles. The number of halogens is 1. The summed E-state index contributed by atoms with van der Waals surface area (Å²) in [6.07, 6.45) is 5.93. The van der Waals surface area contributed by atoms with Crippen LogP contribution in [0.5, 0.6) is 0 Å². The summed E-state index contributed by atoms with van der Waals surface area (Å²) in [6.45, 7) is 8.08. The fraction of sp³-hybridized carbons (Fsp3) is 0.478. The molecular formula is C23H31ClN4O3S. The van der Waals surface area contributed by atoms with Crippen molar-refractivity contribution in [2.75, 3.05) is 13.1 Å². The van der Waals surface area contributed by atoms with Crippen LogP contribution < -0.4 is 5.32 Å². The quantitative estimate of drug-likeness (QED) is 0.581. The predicted molar refractivity (Wildman–Crippen MR) is 127 cm³/mol. The van der Waals surface area contributed by atoms with Crippen molar-refractivity contribution < 1.29 is 13.2 Å². The number of carbonyl (C=O) groups is 1. The molecule has 2 aromatic rings. The van der Waals surface area contributed by atoms with Gasteiger partial charge in [-0.3, -0.25) is 9.48 Å². The van der Waals surface area contributed by atoms with Crippen LogP contribution in [0.4, 0.5) is 0 Å². The van der Waals surface area contributed by atoms with Gasteiger partial charge in [-0.15, -0.1) is 0 Å². The normalized spacial score (nSPS) is 15.5. The lowest BCUT2D eigenvalue weighted by Crippen LogP contribution is -2.35. The van der Waals surface area contributed by atoms with Gasteiger partial charge in [0, 0.05) is 37.8 Å². The van der Waals surface area contributed by atoms with Gasteiger partial charge in [0.15, 0.2) is 0 Å². The van der Waals surface area contributed by atoms with Gasteiger partial charge < -0.3 is 5.32 Å². The first-order valence-corrected chi connectivity index (χ1v) is 12.8. The first-order valence-electron chi connectivity index (χ1n) is 11.0. The Balaban J connectivity index is 1.63. The molecule has 1 N–H and O–H groups in total. The van der Waals surface area contributed by atoms with E-state index in [0.29, 0.717) is 30.7 Å². The van der Waals surface area contributed by atoms with E-state index in [2.05, 4.69) is 24.3 Å². The second-order valence-electron chi connectivity index (χ2n) is 8.53. The molecule has 0 spiro atoms. The van der Waals surface area contributed by atoms with Crippen molar-refractivity contribution >= 4 is 33.6 Å². The monoisotopic (exact) mass is 478 g/mol. The van der Waals surface area contributed by atoms with Crippen molar-refractivity contribution in [2.24, 2.45) is 5.92 Å². The number of aromatic nitrogens is 2. The number of sulfonamides is 1. The highest BCUT2D eigenvalue weighted by atomic mass is 35.5. The number of aryl methyl sites for hydroxylation is 1. The van der Waals surface area contributed by atoms with E-state index < -0.39 is 10.0 Å².